The second-order valence-corrected chi connectivity index (χ2v) is 8.59. The van der Waals surface area contributed by atoms with Crippen molar-refractivity contribution in [1.29, 1.82) is 0 Å². The van der Waals surface area contributed by atoms with Crippen molar-refractivity contribution in [3.05, 3.63) is 78.4 Å². The van der Waals surface area contributed by atoms with Crippen molar-refractivity contribution in [3.63, 3.8) is 0 Å². The fourth-order valence-corrected chi connectivity index (χ4v) is 5.39. The molecule has 1 N–H and O–H groups in total. The highest BCUT2D eigenvalue weighted by atomic mass is 32.1. The number of ether oxygens (including phenoxy) is 1. The van der Waals surface area contributed by atoms with Crippen LogP contribution >= 0.6 is 12.2 Å². The molecule has 0 bridgehead atoms. The summed E-state index contributed by atoms with van der Waals surface area (Å²) in [6.45, 7) is 2.67. The van der Waals surface area contributed by atoms with Crippen LogP contribution in [0, 0.1) is 0 Å². The van der Waals surface area contributed by atoms with Gasteiger partial charge in [0.2, 0.25) is 0 Å². The highest BCUT2D eigenvalue weighted by molar-refractivity contribution is 7.80. The smallest absolute Gasteiger partial charge is 0.170 e. The summed E-state index contributed by atoms with van der Waals surface area (Å²) in [4.78, 5) is 7.12. The lowest BCUT2D eigenvalue weighted by molar-refractivity contribution is 0.239. The molecule has 2 aliphatic rings. The summed E-state index contributed by atoms with van der Waals surface area (Å²) >= 11 is 5.87. The molecule has 6 heteroatoms. The highest BCUT2D eigenvalue weighted by Crippen LogP contribution is 2.43. The Kier molecular flexibility index (Phi) is 5.64. The number of hydrogen-bond donors (Lipinski definition) is 1. The molecule has 1 saturated heterocycles. The third kappa shape index (κ3) is 3.81. The Morgan fingerprint density at radius 2 is 1.87 bits per heavy atom. The zero-order valence-corrected chi connectivity index (χ0v) is 18.6. The maximum absolute atomic E-state index is 5.87. The van der Waals surface area contributed by atoms with Crippen molar-refractivity contribution < 1.29 is 4.74 Å². The lowest BCUT2D eigenvalue weighted by Crippen LogP contribution is -2.38. The largest absolute Gasteiger partial charge is 0.494 e. The number of aromatic nitrogens is 2. The molecule has 3 heterocycles. The van der Waals surface area contributed by atoms with E-state index in [2.05, 4.69) is 56.3 Å². The van der Waals surface area contributed by atoms with Gasteiger partial charge in [0.05, 0.1) is 24.4 Å². The monoisotopic (exact) mass is 432 g/mol. The summed E-state index contributed by atoms with van der Waals surface area (Å²) in [5.74, 6) is 0.891. The first-order chi connectivity index (χ1) is 15.3. The molecular formula is C25H28N4OS. The van der Waals surface area contributed by atoms with Crippen molar-refractivity contribution in [2.75, 3.05) is 6.61 Å². The molecule has 0 radical (unpaired) electrons. The van der Waals surface area contributed by atoms with Crippen LogP contribution in [-0.4, -0.2) is 32.2 Å². The number of hydrogen-bond acceptors (Lipinski definition) is 3. The SMILES string of the molecule is CCOc1ccc(-n2cccc2[C@@H]2[C@@H](c3ccccn3)NC(=S)N2C2CCCC2)cc1. The Labute approximate surface area is 189 Å². The lowest BCUT2D eigenvalue weighted by Gasteiger charge is -2.33. The number of pyridine rings is 1. The predicted molar refractivity (Wildman–Crippen MR) is 126 cm³/mol. The van der Waals surface area contributed by atoms with E-state index in [-0.39, 0.29) is 12.1 Å². The first kappa shape index (κ1) is 20.1. The summed E-state index contributed by atoms with van der Waals surface area (Å²) < 4.78 is 7.90. The van der Waals surface area contributed by atoms with E-state index < -0.39 is 0 Å². The third-order valence-corrected chi connectivity index (χ3v) is 6.69. The summed E-state index contributed by atoms with van der Waals surface area (Å²) in [7, 11) is 0. The summed E-state index contributed by atoms with van der Waals surface area (Å²) in [5.41, 5.74) is 3.36. The van der Waals surface area contributed by atoms with Crippen molar-refractivity contribution >= 4 is 17.3 Å². The summed E-state index contributed by atoms with van der Waals surface area (Å²) in [5, 5.41) is 4.44. The molecule has 31 heavy (non-hydrogen) atoms. The van der Waals surface area contributed by atoms with Crippen LogP contribution in [0.2, 0.25) is 0 Å². The molecule has 5 nitrogen and oxygen atoms in total. The fraction of sp³-hybridized carbons (Fsp3) is 0.360. The Morgan fingerprint density at radius 3 is 2.58 bits per heavy atom. The summed E-state index contributed by atoms with van der Waals surface area (Å²) in [6.07, 6.45) is 8.92. The van der Waals surface area contributed by atoms with Crippen LogP contribution in [-0.2, 0) is 0 Å². The molecule has 3 aromatic rings. The van der Waals surface area contributed by atoms with Gasteiger partial charge < -0.3 is 19.5 Å². The molecule has 0 spiro atoms. The van der Waals surface area contributed by atoms with Gasteiger partial charge >= 0.3 is 0 Å². The van der Waals surface area contributed by atoms with E-state index in [0.29, 0.717) is 12.6 Å². The van der Waals surface area contributed by atoms with Crippen LogP contribution in [0.4, 0.5) is 0 Å². The van der Waals surface area contributed by atoms with E-state index in [9.17, 15) is 0 Å². The average molecular weight is 433 g/mol. The van der Waals surface area contributed by atoms with E-state index in [0.717, 1.165) is 22.2 Å². The van der Waals surface area contributed by atoms with Gasteiger partial charge in [-0.1, -0.05) is 18.9 Å². The Balaban J connectivity index is 1.56. The van der Waals surface area contributed by atoms with Gasteiger partial charge in [0.25, 0.3) is 0 Å². The van der Waals surface area contributed by atoms with Gasteiger partial charge in [-0.3, -0.25) is 4.98 Å². The molecule has 2 atom stereocenters. The minimum atomic E-state index is 0.0191. The topological polar surface area (TPSA) is 42.3 Å². The number of nitrogens with one attached hydrogen (secondary N) is 1. The van der Waals surface area contributed by atoms with Crippen LogP contribution in [0.1, 0.15) is 56.1 Å². The molecule has 2 fully saturated rings. The second kappa shape index (κ2) is 8.71. The molecule has 1 saturated carbocycles. The van der Waals surface area contributed by atoms with E-state index in [1.807, 2.05) is 37.4 Å². The van der Waals surface area contributed by atoms with Gasteiger partial charge in [-0.25, -0.2) is 0 Å². The van der Waals surface area contributed by atoms with Gasteiger partial charge in [0.15, 0.2) is 5.11 Å². The third-order valence-electron chi connectivity index (χ3n) is 6.36. The molecule has 2 aromatic heterocycles. The first-order valence-electron chi connectivity index (χ1n) is 11.2. The van der Waals surface area contributed by atoms with Crippen LogP contribution in [0.15, 0.2) is 67.0 Å². The number of thiocarbonyl (C=S) groups is 1. The van der Waals surface area contributed by atoms with Gasteiger partial charge in [-0.2, -0.15) is 0 Å². The number of rotatable bonds is 6. The minimum absolute atomic E-state index is 0.0191. The maximum atomic E-state index is 5.87. The highest BCUT2D eigenvalue weighted by Gasteiger charge is 2.44. The minimum Gasteiger partial charge on any atom is -0.494 e. The molecule has 1 aliphatic heterocycles. The Bertz CT molecular complexity index is 1030. The van der Waals surface area contributed by atoms with E-state index in [4.69, 9.17) is 17.0 Å². The van der Waals surface area contributed by atoms with Crippen molar-refractivity contribution in [1.82, 2.24) is 19.8 Å². The number of benzene rings is 1. The first-order valence-corrected chi connectivity index (χ1v) is 11.6. The fourth-order valence-electron chi connectivity index (χ4n) is 5.00. The van der Waals surface area contributed by atoms with Gasteiger partial charge in [-0.15, -0.1) is 0 Å². The zero-order valence-electron chi connectivity index (χ0n) is 17.8. The quantitative estimate of drug-likeness (QED) is 0.543. The molecule has 0 unspecified atom stereocenters. The van der Waals surface area contributed by atoms with Crippen LogP contribution in [0.3, 0.4) is 0 Å². The Hall–Kier alpha value is -2.86. The molecule has 5 rings (SSSR count). The van der Waals surface area contributed by atoms with Gasteiger partial charge in [-0.05, 0) is 80.5 Å². The second-order valence-electron chi connectivity index (χ2n) is 8.20. The van der Waals surface area contributed by atoms with Crippen LogP contribution < -0.4 is 10.1 Å². The normalized spacial score (nSPS) is 21.5. The summed E-state index contributed by atoms with van der Waals surface area (Å²) in [6, 6.07) is 19.3. The molecule has 1 aliphatic carbocycles. The predicted octanol–water partition coefficient (Wildman–Crippen LogP) is 5.19. The standard InChI is InChI=1S/C25H28N4OS/c1-2-30-20-14-12-18(13-15-20)28-17-7-11-22(28)24-23(21-10-5-6-16-26-21)27-25(31)29(24)19-8-3-4-9-19/h5-7,10-17,19,23-24H,2-4,8-9H2,1H3,(H,27,31)/t23-,24-/m1/s1. The van der Waals surface area contributed by atoms with Crippen molar-refractivity contribution in [2.24, 2.45) is 0 Å². The van der Waals surface area contributed by atoms with Crippen molar-refractivity contribution in [3.8, 4) is 11.4 Å². The maximum Gasteiger partial charge on any atom is 0.170 e. The van der Waals surface area contributed by atoms with Crippen molar-refractivity contribution in [2.45, 2.75) is 50.7 Å². The average Bonchev–Trinajstić information content (AvgIpc) is 3.54. The van der Waals surface area contributed by atoms with Gasteiger partial charge in [0.1, 0.15) is 5.75 Å². The molecule has 1 aromatic carbocycles. The van der Waals surface area contributed by atoms with E-state index >= 15 is 0 Å². The van der Waals surface area contributed by atoms with Gasteiger partial charge in [0, 0.05) is 29.8 Å². The van der Waals surface area contributed by atoms with Crippen LogP contribution in [0.5, 0.6) is 5.75 Å². The zero-order chi connectivity index (χ0) is 21.2. The molecule has 0 amide bonds. The van der Waals surface area contributed by atoms with E-state index in [1.165, 1.54) is 31.4 Å². The molecular weight excluding hydrogens is 404 g/mol. The Morgan fingerprint density at radius 1 is 1.06 bits per heavy atom. The van der Waals surface area contributed by atoms with E-state index in [1.54, 1.807) is 0 Å². The number of nitrogens with zero attached hydrogens (tertiary/aromatic N) is 3. The lowest BCUT2D eigenvalue weighted by atomic mass is 9.99. The molecule has 160 valence electrons. The van der Waals surface area contributed by atoms with Crippen LogP contribution in [0.25, 0.3) is 5.69 Å².